The Hall–Kier alpha value is -2.51. The number of anilines is 2. The Bertz CT molecular complexity index is 768. The van der Waals surface area contributed by atoms with Crippen LogP contribution in [0.1, 0.15) is 0 Å². The summed E-state index contributed by atoms with van der Waals surface area (Å²) in [5.74, 6) is 0.312. The molecule has 9 heteroatoms. The third kappa shape index (κ3) is 4.24. The molecule has 0 saturated carbocycles. The van der Waals surface area contributed by atoms with E-state index in [1.807, 2.05) is 0 Å². The molecule has 0 bridgehead atoms. The molecular weight excluding hydrogens is 345 g/mol. The lowest BCUT2D eigenvalue weighted by atomic mass is 10.2. The van der Waals surface area contributed by atoms with Crippen LogP contribution < -0.4 is 15.4 Å². The van der Waals surface area contributed by atoms with Gasteiger partial charge in [0.25, 0.3) is 5.69 Å². The quantitative estimate of drug-likeness (QED) is 0.621. The fourth-order valence-electron chi connectivity index (χ4n) is 1.75. The number of rotatable bonds is 4. The second kappa shape index (κ2) is 7.17. The summed E-state index contributed by atoms with van der Waals surface area (Å²) in [5.41, 5.74) is 0.148. The van der Waals surface area contributed by atoms with Crippen molar-refractivity contribution in [1.82, 2.24) is 0 Å². The fourth-order valence-corrected chi connectivity index (χ4v) is 2.05. The molecule has 2 rings (SSSR count). The fraction of sp³-hybridized carbons (Fsp3) is 0.0714. The van der Waals surface area contributed by atoms with Gasteiger partial charge in [0.2, 0.25) is 0 Å². The van der Waals surface area contributed by atoms with E-state index in [9.17, 15) is 14.9 Å². The predicted molar refractivity (Wildman–Crippen MR) is 88.8 cm³/mol. The zero-order valence-electron chi connectivity index (χ0n) is 11.8. The zero-order chi connectivity index (χ0) is 17.0. The number of carbonyl (C=O) groups excluding carboxylic acids is 1. The number of urea groups is 1. The van der Waals surface area contributed by atoms with Crippen molar-refractivity contribution in [3.63, 3.8) is 0 Å². The van der Waals surface area contributed by atoms with Crippen LogP contribution in [0, 0.1) is 10.1 Å². The largest absolute Gasteiger partial charge is 0.496 e. The van der Waals surface area contributed by atoms with E-state index >= 15 is 0 Å². The lowest BCUT2D eigenvalue weighted by molar-refractivity contribution is -0.384. The Labute approximate surface area is 141 Å². The average molecular weight is 356 g/mol. The molecule has 0 atom stereocenters. The zero-order valence-corrected chi connectivity index (χ0v) is 13.3. The highest BCUT2D eigenvalue weighted by Gasteiger charge is 2.17. The van der Waals surface area contributed by atoms with Gasteiger partial charge < -0.3 is 15.4 Å². The summed E-state index contributed by atoms with van der Waals surface area (Å²) in [6.45, 7) is 0. The van der Waals surface area contributed by atoms with Crippen molar-refractivity contribution in [2.75, 3.05) is 17.7 Å². The van der Waals surface area contributed by atoms with Gasteiger partial charge in [0.05, 0.1) is 28.1 Å². The highest BCUT2D eigenvalue weighted by Crippen LogP contribution is 2.29. The number of nitrogens with zero attached hydrogens (tertiary/aromatic N) is 1. The van der Waals surface area contributed by atoms with Gasteiger partial charge >= 0.3 is 6.03 Å². The molecule has 2 amide bonds. The van der Waals surface area contributed by atoms with E-state index in [0.717, 1.165) is 0 Å². The highest BCUT2D eigenvalue weighted by molar-refractivity contribution is 6.42. The summed E-state index contributed by atoms with van der Waals surface area (Å²) >= 11 is 11.6. The SMILES string of the molecule is COc1ccc(NC(=O)Nc2ccc(Cl)c(Cl)c2)c([N+](=O)[O-])c1. The van der Waals surface area contributed by atoms with Crippen molar-refractivity contribution in [1.29, 1.82) is 0 Å². The molecule has 0 fully saturated rings. The van der Waals surface area contributed by atoms with E-state index in [-0.39, 0.29) is 16.4 Å². The molecule has 0 aliphatic rings. The van der Waals surface area contributed by atoms with Gasteiger partial charge in [-0.1, -0.05) is 23.2 Å². The minimum Gasteiger partial charge on any atom is -0.496 e. The maximum atomic E-state index is 12.0. The number of hydrogen-bond donors (Lipinski definition) is 2. The van der Waals surface area contributed by atoms with Gasteiger partial charge in [-0.25, -0.2) is 4.79 Å². The van der Waals surface area contributed by atoms with Gasteiger partial charge in [0.15, 0.2) is 0 Å². The molecule has 23 heavy (non-hydrogen) atoms. The van der Waals surface area contributed by atoms with Gasteiger partial charge in [-0.05, 0) is 30.3 Å². The van der Waals surface area contributed by atoms with Crippen LogP contribution >= 0.6 is 23.2 Å². The maximum absolute atomic E-state index is 12.0. The van der Waals surface area contributed by atoms with Crippen LogP contribution in [0.25, 0.3) is 0 Å². The molecule has 2 N–H and O–H groups in total. The number of halogens is 2. The number of carbonyl (C=O) groups is 1. The van der Waals surface area contributed by atoms with E-state index in [0.29, 0.717) is 16.5 Å². The minimum atomic E-state index is -0.656. The molecule has 2 aromatic rings. The van der Waals surface area contributed by atoms with Crippen molar-refractivity contribution < 1.29 is 14.5 Å². The molecule has 0 heterocycles. The van der Waals surface area contributed by atoms with Crippen LogP contribution in [0.3, 0.4) is 0 Å². The summed E-state index contributed by atoms with van der Waals surface area (Å²) < 4.78 is 4.93. The van der Waals surface area contributed by atoms with Crippen LogP contribution in [-0.4, -0.2) is 18.1 Å². The third-order valence-corrected chi connectivity index (χ3v) is 3.57. The van der Waals surface area contributed by atoms with Gasteiger partial charge in [0.1, 0.15) is 11.4 Å². The number of benzene rings is 2. The first-order valence-corrected chi connectivity index (χ1v) is 7.02. The molecular formula is C14H11Cl2N3O4. The monoisotopic (exact) mass is 355 g/mol. The molecule has 0 unspecified atom stereocenters. The summed E-state index contributed by atoms with van der Waals surface area (Å²) in [6, 6.07) is 7.98. The van der Waals surface area contributed by atoms with E-state index in [4.69, 9.17) is 27.9 Å². The average Bonchev–Trinajstić information content (AvgIpc) is 2.51. The van der Waals surface area contributed by atoms with Crippen molar-refractivity contribution in [3.8, 4) is 5.75 Å². The Kier molecular flexibility index (Phi) is 5.25. The molecule has 0 aromatic heterocycles. The summed E-state index contributed by atoms with van der Waals surface area (Å²) in [6.07, 6.45) is 0. The maximum Gasteiger partial charge on any atom is 0.323 e. The van der Waals surface area contributed by atoms with Gasteiger partial charge in [-0.15, -0.1) is 0 Å². The van der Waals surface area contributed by atoms with Crippen molar-refractivity contribution in [2.45, 2.75) is 0 Å². The van der Waals surface area contributed by atoms with Crippen molar-refractivity contribution in [2.24, 2.45) is 0 Å². The van der Waals surface area contributed by atoms with Crippen LogP contribution in [0.5, 0.6) is 5.75 Å². The lowest BCUT2D eigenvalue weighted by Gasteiger charge is -2.09. The van der Waals surface area contributed by atoms with E-state index in [2.05, 4.69) is 10.6 Å². The molecule has 0 saturated heterocycles. The standard InChI is InChI=1S/C14H11Cl2N3O4/c1-23-9-3-5-12(13(7-9)19(21)22)18-14(20)17-8-2-4-10(15)11(16)6-8/h2-7H,1H3,(H2,17,18,20). The number of nitrogens with one attached hydrogen (secondary N) is 2. The summed E-state index contributed by atoms with van der Waals surface area (Å²) in [4.78, 5) is 22.4. The van der Waals surface area contributed by atoms with Crippen LogP contribution in [0.15, 0.2) is 36.4 Å². The first kappa shape index (κ1) is 16.9. The van der Waals surface area contributed by atoms with Crippen molar-refractivity contribution in [3.05, 3.63) is 56.6 Å². The molecule has 0 radical (unpaired) electrons. The number of hydrogen-bond acceptors (Lipinski definition) is 4. The van der Waals surface area contributed by atoms with Gasteiger partial charge in [0, 0.05) is 5.69 Å². The van der Waals surface area contributed by atoms with E-state index in [1.54, 1.807) is 6.07 Å². The van der Waals surface area contributed by atoms with Gasteiger partial charge in [-0.2, -0.15) is 0 Å². The van der Waals surface area contributed by atoms with E-state index < -0.39 is 11.0 Å². The van der Waals surface area contributed by atoms with Crippen LogP contribution in [0.2, 0.25) is 10.0 Å². The Morgan fingerprint density at radius 1 is 1.13 bits per heavy atom. The Morgan fingerprint density at radius 2 is 1.87 bits per heavy atom. The summed E-state index contributed by atoms with van der Waals surface area (Å²) in [7, 11) is 1.39. The normalized spacial score (nSPS) is 10.0. The number of nitro benzene ring substituents is 1. The molecule has 120 valence electrons. The number of methoxy groups -OCH3 is 1. The Balaban J connectivity index is 2.16. The molecule has 2 aromatic carbocycles. The third-order valence-electron chi connectivity index (χ3n) is 2.83. The topological polar surface area (TPSA) is 93.5 Å². The smallest absolute Gasteiger partial charge is 0.323 e. The summed E-state index contributed by atoms with van der Waals surface area (Å²) in [5, 5.41) is 16.6. The molecule has 0 aliphatic heterocycles. The molecule has 7 nitrogen and oxygen atoms in total. The van der Waals surface area contributed by atoms with Crippen molar-refractivity contribution >= 4 is 46.3 Å². The molecule has 0 spiro atoms. The predicted octanol–water partition coefficient (Wildman–Crippen LogP) is 4.55. The highest BCUT2D eigenvalue weighted by atomic mass is 35.5. The lowest BCUT2D eigenvalue weighted by Crippen LogP contribution is -2.20. The minimum absolute atomic E-state index is 0.0355. The number of ether oxygens (including phenoxy) is 1. The van der Waals surface area contributed by atoms with Crippen LogP contribution in [0.4, 0.5) is 21.9 Å². The van der Waals surface area contributed by atoms with E-state index in [1.165, 1.54) is 37.4 Å². The first-order chi connectivity index (χ1) is 10.9. The second-order valence-electron chi connectivity index (χ2n) is 4.35. The Morgan fingerprint density at radius 3 is 2.48 bits per heavy atom. The number of nitro groups is 1. The van der Waals surface area contributed by atoms with Crippen LogP contribution in [-0.2, 0) is 0 Å². The molecule has 0 aliphatic carbocycles. The second-order valence-corrected chi connectivity index (χ2v) is 5.16. The van der Waals surface area contributed by atoms with Gasteiger partial charge in [-0.3, -0.25) is 10.1 Å². The number of amides is 2. The first-order valence-electron chi connectivity index (χ1n) is 6.26.